The summed E-state index contributed by atoms with van der Waals surface area (Å²) in [7, 11) is 0. The molecule has 0 bridgehead atoms. The molecular weight excluding hydrogens is 292 g/mol. The molecule has 3 unspecified atom stereocenters. The largest absolute Gasteiger partial charge is 0.479 e. The van der Waals surface area contributed by atoms with Crippen LogP contribution in [-0.4, -0.2) is 29.8 Å². The maximum absolute atomic E-state index is 12.4. The first-order valence-electron chi connectivity index (χ1n) is 7.96. The first-order chi connectivity index (χ1) is 10.8. The summed E-state index contributed by atoms with van der Waals surface area (Å²) in [6.07, 6.45) is -0.421. The van der Waals surface area contributed by atoms with Crippen LogP contribution in [0.5, 0.6) is 5.75 Å². The molecule has 0 aliphatic carbocycles. The number of aliphatic hydroxyl groups is 1. The number of hydrogen-bond donors (Lipinski definition) is 2. The Morgan fingerprint density at radius 2 is 1.96 bits per heavy atom. The minimum Gasteiger partial charge on any atom is -0.479 e. The number of benzene rings is 1. The van der Waals surface area contributed by atoms with E-state index >= 15 is 0 Å². The van der Waals surface area contributed by atoms with E-state index in [0.29, 0.717) is 24.3 Å². The number of para-hydroxylation sites is 1. The highest BCUT2D eigenvalue weighted by Gasteiger charge is 2.25. The molecule has 0 aliphatic rings. The lowest BCUT2D eigenvalue weighted by atomic mass is 10.0. The van der Waals surface area contributed by atoms with Gasteiger partial charge in [0.2, 0.25) is 0 Å². The van der Waals surface area contributed by atoms with Crippen molar-refractivity contribution in [2.75, 3.05) is 6.54 Å². The maximum atomic E-state index is 12.4. The summed E-state index contributed by atoms with van der Waals surface area (Å²) in [4.78, 5) is 12.4. The Labute approximate surface area is 138 Å². The van der Waals surface area contributed by atoms with Crippen LogP contribution in [0.3, 0.4) is 0 Å². The number of amides is 1. The number of nitriles is 1. The quantitative estimate of drug-likeness (QED) is 0.771. The first-order valence-corrected chi connectivity index (χ1v) is 7.96. The zero-order valence-electron chi connectivity index (χ0n) is 14.2. The van der Waals surface area contributed by atoms with Crippen LogP contribution in [0.15, 0.2) is 24.3 Å². The predicted octanol–water partition coefficient (Wildman–Crippen LogP) is 2.48. The smallest absolute Gasteiger partial charge is 0.261 e. The third kappa shape index (κ3) is 6.29. The Bertz CT molecular complexity index is 549. The van der Waals surface area contributed by atoms with E-state index in [0.717, 1.165) is 0 Å². The van der Waals surface area contributed by atoms with Gasteiger partial charge >= 0.3 is 0 Å². The lowest BCUT2D eigenvalue weighted by Gasteiger charge is -2.23. The van der Waals surface area contributed by atoms with Crippen LogP contribution < -0.4 is 10.1 Å². The molecule has 2 N–H and O–H groups in total. The van der Waals surface area contributed by atoms with E-state index in [1.54, 1.807) is 31.2 Å². The Morgan fingerprint density at radius 3 is 2.52 bits per heavy atom. The Kier molecular flexibility index (Phi) is 7.56. The second-order valence-electron chi connectivity index (χ2n) is 6.33. The van der Waals surface area contributed by atoms with E-state index in [2.05, 4.69) is 11.4 Å². The summed E-state index contributed by atoms with van der Waals surface area (Å²) in [5.41, 5.74) is 0.411. The van der Waals surface area contributed by atoms with Crippen molar-refractivity contribution in [1.29, 1.82) is 5.26 Å². The normalized spacial score (nSPS) is 14.7. The molecule has 0 fully saturated rings. The molecule has 1 amide bonds. The molecule has 0 radical (unpaired) electrons. The van der Waals surface area contributed by atoms with Gasteiger partial charge in [0, 0.05) is 6.54 Å². The molecule has 23 heavy (non-hydrogen) atoms. The Balaban J connectivity index is 2.71. The Morgan fingerprint density at radius 1 is 1.30 bits per heavy atom. The molecule has 1 aromatic carbocycles. The minimum absolute atomic E-state index is 0.0335. The topological polar surface area (TPSA) is 82.3 Å². The van der Waals surface area contributed by atoms with Crippen molar-refractivity contribution >= 4 is 5.91 Å². The van der Waals surface area contributed by atoms with Crippen LogP contribution in [-0.2, 0) is 4.79 Å². The van der Waals surface area contributed by atoms with Crippen molar-refractivity contribution in [3.05, 3.63) is 29.8 Å². The van der Waals surface area contributed by atoms with Crippen LogP contribution in [0.2, 0.25) is 0 Å². The highest BCUT2D eigenvalue weighted by molar-refractivity contribution is 5.81. The van der Waals surface area contributed by atoms with Crippen molar-refractivity contribution in [2.24, 2.45) is 11.8 Å². The van der Waals surface area contributed by atoms with Crippen molar-refractivity contribution in [1.82, 2.24) is 5.32 Å². The van der Waals surface area contributed by atoms with Gasteiger partial charge in [0.1, 0.15) is 11.8 Å². The molecule has 1 rings (SSSR count). The highest BCUT2D eigenvalue weighted by atomic mass is 16.5. The number of aliphatic hydroxyl groups excluding tert-OH is 1. The fourth-order valence-corrected chi connectivity index (χ4v) is 2.33. The standard InChI is InChI=1S/C18H26N2O3/c1-12(2)17(18(22)20-11-13(3)9-14(4)21)23-16-8-6-5-7-15(16)10-19/h5-8,12-14,17,21H,9,11H2,1-4H3,(H,20,22). The molecule has 1 aromatic rings. The van der Waals surface area contributed by atoms with E-state index in [1.807, 2.05) is 20.8 Å². The molecule has 0 heterocycles. The van der Waals surface area contributed by atoms with E-state index in [1.165, 1.54) is 0 Å². The molecule has 0 saturated heterocycles. The van der Waals surface area contributed by atoms with Crippen molar-refractivity contribution in [2.45, 2.75) is 46.3 Å². The summed E-state index contributed by atoms with van der Waals surface area (Å²) in [6, 6.07) is 8.95. The molecule has 5 nitrogen and oxygen atoms in total. The second-order valence-corrected chi connectivity index (χ2v) is 6.33. The third-order valence-corrected chi connectivity index (χ3v) is 3.49. The van der Waals surface area contributed by atoms with Crippen molar-refractivity contribution < 1.29 is 14.6 Å². The fourth-order valence-electron chi connectivity index (χ4n) is 2.33. The summed E-state index contributed by atoms with van der Waals surface area (Å²) < 4.78 is 5.79. The zero-order chi connectivity index (χ0) is 17.4. The van der Waals surface area contributed by atoms with Gasteiger partial charge in [-0.3, -0.25) is 4.79 Å². The summed E-state index contributed by atoms with van der Waals surface area (Å²) >= 11 is 0. The number of ether oxygens (including phenoxy) is 1. The second kappa shape index (κ2) is 9.16. The molecule has 0 spiro atoms. The van der Waals surface area contributed by atoms with Gasteiger partial charge in [-0.1, -0.05) is 32.9 Å². The first kappa shape index (κ1) is 19.0. The molecule has 5 heteroatoms. The van der Waals surface area contributed by atoms with Crippen LogP contribution in [0.4, 0.5) is 0 Å². The van der Waals surface area contributed by atoms with E-state index < -0.39 is 6.10 Å². The molecule has 0 aliphatic heterocycles. The number of rotatable bonds is 8. The number of carbonyl (C=O) groups excluding carboxylic acids is 1. The van der Waals surface area contributed by atoms with E-state index in [-0.39, 0.29) is 23.8 Å². The molecule has 0 saturated carbocycles. The number of nitrogens with zero attached hydrogens (tertiary/aromatic N) is 1. The lowest BCUT2D eigenvalue weighted by Crippen LogP contribution is -2.43. The van der Waals surface area contributed by atoms with Gasteiger partial charge in [0.05, 0.1) is 11.7 Å². The number of nitrogens with one attached hydrogen (secondary N) is 1. The zero-order valence-corrected chi connectivity index (χ0v) is 14.2. The maximum Gasteiger partial charge on any atom is 0.261 e. The van der Waals surface area contributed by atoms with Crippen LogP contribution in [0, 0.1) is 23.2 Å². The molecule has 0 aromatic heterocycles. The average Bonchev–Trinajstić information content (AvgIpc) is 2.49. The lowest BCUT2D eigenvalue weighted by molar-refractivity contribution is -0.130. The summed E-state index contributed by atoms with van der Waals surface area (Å²) in [6.45, 7) is 7.99. The van der Waals surface area contributed by atoms with Gasteiger partial charge in [0.15, 0.2) is 6.10 Å². The highest BCUT2D eigenvalue weighted by Crippen LogP contribution is 2.21. The number of carbonyl (C=O) groups is 1. The summed E-state index contributed by atoms with van der Waals surface area (Å²) in [5, 5.41) is 21.4. The van der Waals surface area contributed by atoms with Crippen LogP contribution in [0.25, 0.3) is 0 Å². The van der Waals surface area contributed by atoms with E-state index in [4.69, 9.17) is 10.00 Å². The van der Waals surface area contributed by atoms with Gasteiger partial charge in [-0.2, -0.15) is 5.26 Å². The van der Waals surface area contributed by atoms with Gasteiger partial charge in [-0.25, -0.2) is 0 Å². The van der Waals surface area contributed by atoms with E-state index in [9.17, 15) is 9.90 Å². The van der Waals surface area contributed by atoms with Crippen molar-refractivity contribution in [3.8, 4) is 11.8 Å². The molecule has 126 valence electrons. The summed E-state index contributed by atoms with van der Waals surface area (Å²) in [5.74, 6) is 0.359. The van der Waals surface area contributed by atoms with Gasteiger partial charge < -0.3 is 15.2 Å². The van der Waals surface area contributed by atoms with Crippen molar-refractivity contribution in [3.63, 3.8) is 0 Å². The SMILES string of the molecule is CC(O)CC(C)CNC(=O)C(Oc1ccccc1C#N)C(C)C. The van der Waals surface area contributed by atoms with Crippen LogP contribution >= 0.6 is 0 Å². The van der Waals surface area contributed by atoms with Crippen LogP contribution in [0.1, 0.15) is 39.7 Å². The monoisotopic (exact) mass is 318 g/mol. The Hall–Kier alpha value is -2.06. The van der Waals surface area contributed by atoms with Gasteiger partial charge in [0.25, 0.3) is 5.91 Å². The average molecular weight is 318 g/mol. The molecule has 3 atom stereocenters. The molecular formula is C18H26N2O3. The van der Waals surface area contributed by atoms with Gasteiger partial charge in [-0.05, 0) is 37.3 Å². The minimum atomic E-state index is -0.664. The fraction of sp³-hybridized carbons (Fsp3) is 0.556. The number of hydrogen-bond acceptors (Lipinski definition) is 4. The third-order valence-electron chi connectivity index (χ3n) is 3.49. The predicted molar refractivity (Wildman–Crippen MR) is 88.9 cm³/mol. The van der Waals surface area contributed by atoms with Gasteiger partial charge in [-0.15, -0.1) is 0 Å².